The van der Waals surface area contributed by atoms with Crippen LogP contribution in [0.3, 0.4) is 0 Å². The summed E-state index contributed by atoms with van der Waals surface area (Å²) in [7, 11) is -2.06. The van der Waals surface area contributed by atoms with Gasteiger partial charge in [-0.15, -0.1) is 0 Å². The van der Waals surface area contributed by atoms with Gasteiger partial charge in [0.15, 0.2) is 8.32 Å². The van der Waals surface area contributed by atoms with Crippen molar-refractivity contribution >= 4 is 20.6 Å². The molecule has 0 radical (unpaired) electrons. The molecule has 1 heterocycles. The Kier molecular flexibility index (Phi) is 7.61. The van der Waals surface area contributed by atoms with E-state index in [2.05, 4.69) is 33.9 Å². The normalized spacial score (nSPS) is 25.8. The summed E-state index contributed by atoms with van der Waals surface area (Å²) in [6.45, 7) is 16.2. The lowest BCUT2D eigenvalue weighted by molar-refractivity contribution is -0.159. The number of esters is 1. The summed E-state index contributed by atoms with van der Waals surface area (Å²) in [6, 6.07) is 0. The molecule has 0 unspecified atom stereocenters. The van der Waals surface area contributed by atoms with Crippen molar-refractivity contribution in [3.8, 4) is 0 Å². The summed E-state index contributed by atoms with van der Waals surface area (Å²) < 4.78 is 17.8. The van der Waals surface area contributed by atoms with Gasteiger partial charge in [-0.1, -0.05) is 20.8 Å². The van der Waals surface area contributed by atoms with E-state index >= 15 is 0 Å². The third kappa shape index (κ3) is 6.15. The highest BCUT2D eigenvalue weighted by Gasteiger charge is 2.46. The maximum atomic E-state index is 12.1. The number of carbonyl (C=O) groups is 2. The molecule has 7 heteroatoms. The van der Waals surface area contributed by atoms with E-state index in [1.54, 1.807) is 20.8 Å². The van der Waals surface area contributed by atoms with Crippen molar-refractivity contribution in [1.82, 2.24) is 0 Å². The molecule has 0 amide bonds. The topological polar surface area (TPSA) is 82.1 Å². The third-order valence-corrected chi connectivity index (χ3v) is 9.74. The van der Waals surface area contributed by atoms with Gasteiger partial charge in [0.2, 0.25) is 0 Å². The summed E-state index contributed by atoms with van der Waals surface area (Å²) in [6.07, 6.45) is -0.887. The van der Waals surface area contributed by atoms with Gasteiger partial charge in [-0.3, -0.25) is 4.79 Å². The van der Waals surface area contributed by atoms with Crippen LogP contribution in [0.4, 0.5) is 0 Å². The first-order valence-electron chi connectivity index (χ1n) is 9.31. The van der Waals surface area contributed by atoms with Gasteiger partial charge in [-0.25, -0.2) is 0 Å². The van der Waals surface area contributed by atoms with Crippen LogP contribution in [0.2, 0.25) is 18.1 Å². The van der Waals surface area contributed by atoms with Crippen LogP contribution in [0.5, 0.6) is 0 Å². The summed E-state index contributed by atoms with van der Waals surface area (Å²) in [4.78, 5) is 22.8. The number of aldehydes is 1. The number of aliphatic hydroxyl groups excluding tert-OH is 1. The first-order chi connectivity index (χ1) is 11.7. The molecule has 1 N–H and O–H groups in total. The molecule has 0 aromatic heterocycles. The SMILES string of the molecule is CC(C)(C)C(=O)OC[C@H]1O[C@H]([C@H](O)CC=O)C[C@@H]1O[Si](C)(C)C(C)(C)C. The van der Waals surface area contributed by atoms with Gasteiger partial charge in [-0.2, -0.15) is 0 Å². The molecule has 0 aliphatic carbocycles. The third-order valence-electron chi connectivity index (χ3n) is 5.24. The monoisotopic (exact) mass is 388 g/mol. The molecule has 0 spiro atoms. The minimum Gasteiger partial charge on any atom is -0.462 e. The van der Waals surface area contributed by atoms with Crippen LogP contribution in [0.25, 0.3) is 0 Å². The van der Waals surface area contributed by atoms with Gasteiger partial charge in [0.05, 0.1) is 23.7 Å². The van der Waals surface area contributed by atoms with E-state index in [1.165, 1.54) is 0 Å². The Balaban J connectivity index is 2.87. The number of aliphatic hydroxyl groups is 1. The van der Waals surface area contributed by atoms with Crippen molar-refractivity contribution in [2.75, 3.05) is 6.61 Å². The van der Waals surface area contributed by atoms with E-state index in [0.717, 1.165) is 0 Å². The zero-order valence-corrected chi connectivity index (χ0v) is 18.5. The van der Waals surface area contributed by atoms with E-state index in [-0.39, 0.29) is 30.1 Å². The van der Waals surface area contributed by atoms with Gasteiger partial charge in [0, 0.05) is 12.8 Å². The zero-order chi connectivity index (χ0) is 20.3. The quantitative estimate of drug-likeness (QED) is 0.410. The van der Waals surface area contributed by atoms with E-state index < -0.39 is 32.0 Å². The van der Waals surface area contributed by atoms with Crippen LogP contribution in [0.15, 0.2) is 0 Å². The van der Waals surface area contributed by atoms with Gasteiger partial charge in [0.1, 0.15) is 19.0 Å². The van der Waals surface area contributed by atoms with Crippen molar-refractivity contribution < 1.29 is 28.6 Å². The molecule has 152 valence electrons. The molecule has 0 aromatic rings. The Morgan fingerprint density at radius 2 is 1.85 bits per heavy atom. The lowest BCUT2D eigenvalue weighted by Gasteiger charge is -2.39. The molecule has 0 saturated carbocycles. The van der Waals surface area contributed by atoms with E-state index in [0.29, 0.717) is 12.7 Å². The number of carbonyl (C=O) groups excluding carboxylic acids is 2. The Labute approximate surface area is 158 Å². The van der Waals surface area contributed by atoms with Crippen molar-refractivity contribution in [2.45, 2.75) is 96.9 Å². The van der Waals surface area contributed by atoms with Crippen LogP contribution in [0, 0.1) is 5.41 Å². The molecule has 0 bridgehead atoms. The molecule has 6 nitrogen and oxygen atoms in total. The van der Waals surface area contributed by atoms with Gasteiger partial charge < -0.3 is 23.8 Å². The predicted molar refractivity (Wildman–Crippen MR) is 102 cm³/mol. The highest BCUT2D eigenvalue weighted by atomic mass is 28.4. The highest BCUT2D eigenvalue weighted by molar-refractivity contribution is 6.74. The Morgan fingerprint density at radius 3 is 2.31 bits per heavy atom. The highest BCUT2D eigenvalue weighted by Crippen LogP contribution is 2.40. The average Bonchev–Trinajstić information content (AvgIpc) is 2.85. The summed E-state index contributed by atoms with van der Waals surface area (Å²) in [5.74, 6) is -0.302. The van der Waals surface area contributed by atoms with Crippen LogP contribution >= 0.6 is 0 Å². The number of hydrogen-bond acceptors (Lipinski definition) is 6. The second-order valence-corrected chi connectivity index (χ2v) is 14.4. The summed E-state index contributed by atoms with van der Waals surface area (Å²) in [5.41, 5.74) is -0.592. The molecule has 1 fully saturated rings. The number of hydrogen-bond donors (Lipinski definition) is 1. The maximum absolute atomic E-state index is 12.1. The van der Waals surface area contributed by atoms with E-state index in [4.69, 9.17) is 13.9 Å². The fourth-order valence-electron chi connectivity index (χ4n) is 2.45. The van der Waals surface area contributed by atoms with E-state index in [9.17, 15) is 14.7 Å². The Morgan fingerprint density at radius 1 is 1.27 bits per heavy atom. The lowest BCUT2D eigenvalue weighted by Crippen LogP contribution is -2.47. The van der Waals surface area contributed by atoms with Crippen molar-refractivity contribution in [3.05, 3.63) is 0 Å². The van der Waals surface area contributed by atoms with Crippen LogP contribution in [-0.4, -0.2) is 56.7 Å². The maximum Gasteiger partial charge on any atom is 0.311 e. The van der Waals surface area contributed by atoms with Crippen molar-refractivity contribution in [2.24, 2.45) is 5.41 Å². The van der Waals surface area contributed by atoms with Gasteiger partial charge in [-0.05, 0) is 38.9 Å². The smallest absolute Gasteiger partial charge is 0.311 e. The number of ether oxygens (including phenoxy) is 2. The fraction of sp³-hybridized carbons (Fsp3) is 0.895. The second kappa shape index (κ2) is 8.50. The molecule has 1 rings (SSSR count). The van der Waals surface area contributed by atoms with Crippen LogP contribution < -0.4 is 0 Å². The first kappa shape index (κ1) is 23.3. The Bertz CT molecular complexity index is 491. The van der Waals surface area contributed by atoms with Gasteiger partial charge >= 0.3 is 5.97 Å². The van der Waals surface area contributed by atoms with Crippen LogP contribution in [0.1, 0.15) is 54.4 Å². The molecule has 4 atom stereocenters. The molecule has 1 saturated heterocycles. The Hall–Kier alpha value is -0.763. The van der Waals surface area contributed by atoms with Gasteiger partial charge in [0.25, 0.3) is 0 Å². The number of rotatable bonds is 7. The lowest BCUT2D eigenvalue weighted by atomic mass is 9.97. The standard InChI is InChI=1S/C19H36O6Si/c1-18(2,3)17(22)23-12-16-15(25-26(7,8)19(4,5)6)11-14(24-16)13(21)9-10-20/h10,13-16,21H,9,11-12H2,1-8H3/t13-,14+,15+,16-/m1/s1. The molecule has 1 aliphatic rings. The minimum absolute atomic E-state index is 0.0198. The molecule has 0 aromatic carbocycles. The van der Waals surface area contributed by atoms with E-state index in [1.807, 2.05) is 0 Å². The second-order valence-electron chi connectivity index (χ2n) is 9.68. The summed E-state index contributed by atoms with van der Waals surface area (Å²) >= 11 is 0. The fourth-order valence-corrected chi connectivity index (χ4v) is 3.81. The first-order valence-corrected chi connectivity index (χ1v) is 12.2. The summed E-state index contributed by atoms with van der Waals surface area (Å²) in [5, 5.41) is 10.2. The van der Waals surface area contributed by atoms with Crippen LogP contribution in [-0.2, 0) is 23.5 Å². The van der Waals surface area contributed by atoms with Crippen molar-refractivity contribution in [3.63, 3.8) is 0 Å². The average molecular weight is 389 g/mol. The molecular formula is C19H36O6Si. The molecule has 26 heavy (non-hydrogen) atoms. The largest absolute Gasteiger partial charge is 0.462 e. The zero-order valence-electron chi connectivity index (χ0n) is 17.5. The predicted octanol–water partition coefficient (Wildman–Crippen LogP) is 3.07. The molecular weight excluding hydrogens is 352 g/mol. The van der Waals surface area contributed by atoms with Crippen molar-refractivity contribution in [1.29, 1.82) is 0 Å². The minimum atomic E-state index is -2.06. The molecule has 1 aliphatic heterocycles.